The second-order valence-electron chi connectivity index (χ2n) is 4.48. The normalized spacial score (nSPS) is 25.6. The highest BCUT2D eigenvalue weighted by atomic mass is 35.5. The number of aliphatic hydroxyl groups is 1. The van der Waals surface area contributed by atoms with Crippen molar-refractivity contribution in [2.45, 2.75) is 38.5 Å². The molecule has 2 atom stereocenters. The van der Waals surface area contributed by atoms with Gasteiger partial charge in [-0.25, -0.2) is 4.79 Å². The number of nitrogens with one attached hydrogen (secondary N) is 2. The summed E-state index contributed by atoms with van der Waals surface area (Å²) in [6.45, 7) is 6.50. The monoisotopic (exact) mass is 238 g/mol. The summed E-state index contributed by atoms with van der Waals surface area (Å²) in [5.74, 6) is 0. The van der Waals surface area contributed by atoms with Crippen molar-refractivity contribution in [2.75, 3.05) is 13.1 Å². The maximum atomic E-state index is 11.3. The first-order valence-corrected chi connectivity index (χ1v) is 4.77. The van der Waals surface area contributed by atoms with Crippen molar-refractivity contribution in [1.82, 2.24) is 10.6 Å². The molecule has 0 radical (unpaired) electrons. The first-order chi connectivity index (χ1) is 6.38. The first-order valence-electron chi connectivity index (χ1n) is 4.77. The lowest BCUT2D eigenvalue weighted by Crippen LogP contribution is -2.45. The number of β-amino-alcohol motifs (C(OH)–C–C–N with tert-alkyl or cyclic N) is 1. The lowest BCUT2D eigenvalue weighted by molar-refractivity contribution is 0.0461. The molecule has 0 aromatic heterocycles. The van der Waals surface area contributed by atoms with E-state index in [1.165, 1.54) is 0 Å². The van der Waals surface area contributed by atoms with Gasteiger partial charge < -0.3 is 20.5 Å². The molecule has 6 heteroatoms. The third-order valence-electron chi connectivity index (χ3n) is 1.88. The highest BCUT2D eigenvalue weighted by Crippen LogP contribution is 2.07. The molecule has 5 nitrogen and oxygen atoms in total. The van der Waals surface area contributed by atoms with Gasteiger partial charge in [0.15, 0.2) is 0 Å². The van der Waals surface area contributed by atoms with Gasteiger partial charge >= 0.3 is 6.09 Å². The van der Waals surface area contributed by atoms with Gasteiger partial charge in [-0.2, -0.15) is 0 Å². The fourth-order valence-corrected chi connectivity index (χ4v) is 1.27. The number of ether oxygens (including phenoxy) is 1. The molecule has 0 bridgehead atoms. The van der Waals surface area contributed by atoms with Crippen molar-refractivity contribution in [3.8, 4) is 0 Å². The molecule has 1 aliphatic rings. The number of hydrogen-bond acceptors (Lipinski definition) is 4. The Morgan fingerprint density at radius 2 is 2.07 bits per heavy atom. The lowest BCUT2D eigenvalue weighted by Gasteiger charge is -2.22. The van der Waals surface area contributed by atoms with Crippen molar-refractivity contribution in [1.29, 1.82) is 0 Å². The molecular weight excluding hydrogens is 220 g/mol. The second-order valence-corrected chi connectivity index (χ2v) is 4.48. The van der Waals surface area contributed by atoms with Gasteiger partial charge in [0.25, 0.3) is 0 Å². The van der Waals surface area contributed by atoms with Crippen molar-refractivity contribution in [2.24, 2.45) is 0 Å². The van der Waals surface area contributed by atoms with Crippen LogP contribution in [-0.2, 0) is 4.74 Å². The molecule has 0 aromatic carbocycles. The van der Waals surface area contributed by atoms with Gasteiger partial charge in [0.2, 0.25) is 0 Å². The van der Waals surface area contributed by atoms with Gasteiger partial charge in [0.1, 0.15) is 5.60 Å². The van der Waals surface area contributed by atoms with Crippen LogP contribution in [-0.4, -0.2) is 42.0 Å². The minimum atomic E-state index is -0.525. The molecule has 0 aromatic rings. The first kappa shape index (κ1) is 14.5. The Morgan fingerprint density at radius 3 is 2.47 bits per heavy atom. The van der Waals surface area contributed by atoms with Crippen LogP contribution in [0, 0.1) is 0 Å². The van der Waals surface area contributed by atoms with Crippen LogP contribution in [0.2, 0.25) is 0 Å². The minimum absolute atomic E-state index is 0. The summed E-state index contributed by atoms with van der Waals surface area (Å²) in [6, 6.07) is -0.246. The smallest absolute Gasteiger partial charge is 0.408 e. The molecule has 0 aliphatic carbocycles. The van der Waals surface area contributed by atoms with Crippen molar-refractivity contribution >= 4 is 18.5 Å². The van der Waals surface area contributed by atoms with Crippen LogP contribution in [0.4, 0.5) is 4.79 Å². The second kappa shape index (κ2) is 5.53. The van der Waals surface area contributed by atoms with E-state index in [1.54, 1.807) is 20.8 Å². The van der Waals surface area contributed by atoms with Gasteiger partial charge in [0.05, 0.1) is 12.1 Å². The molecule has 1 heterocycles. The average molecular weight is 239 g/mol. The summed E-state index contributed by atoms with van der Waals surface area (Å²) in [5, 5.41) is 15.0. The molecule has 1 aliphatic heterocycles. The number of carbonyl (C=O) groups is 1. The molecule has 0 spiro atoms. The zero-order valence-corrected chi connectivity index (χ0v) is 10.1. The Balaban J connectivity index is 0.00000196. The summed E-state index contributed by atoms with van der Waals surface area (Å²) in [5.41, 5.74) is -0.499. The number of hydrogen-bond donors (Lipinski definition) is 3. The zero-order valence-electron chi connectivity index (χ0n) is 9.24. The predicted molar refractivity (Wildman–Crippen MR) is 59.3 cm³/mol. The van der Waals surface area contributed by atoms with Crippen LogP contribution in [0.25, 0.3) is 0 Å². The van der Waals surface area contributed by atoms with Gasteiger partial charge in [-0.05, 0) is 20.8 Å². The molecule has 2 unspecified atom stereocenters. The molecule has 3 N–H and O–H groups in total. The fraction of sp³-hybridized carbons (Fsp3) is 0.889. The standard InChI is InChI=1S/C9H18N2O3.ClH/c1-9(2,3)14-8(13)11-6-4-10-5-7(6)12;/h6-7,10,12H,4-5H2,1-3H3,(H,11,13);1H. The van der Waals surface area contributed by atoms with Crippen LogP contribution < -0.4 is 10.6 Å². The van der Waals surface area contributed by atoms with Crippen LogP contribution in [0.3, 0.4) is 0 Å². The predicted octanol–water partition coefficient (Wildman–Crippen LogP) is 0.266. The number of aliphatic hydroxyl groups excluding tert-OH is 1. The zero-order chi connectivity index (χ0) is 10.8. The van der Waals surface area contributed by atoms with Gasteiger partial charge in [0, 0.05) is 13.1 Å². The summed E-state index contributed by atoms with van der Waals surface area (Å²) in [4.78, 5) is 11.3. The molecule has 1 amide bonds. The SMILES string of the molecule is CC(C)(C)OC(=O)NC1CNCC1O.Cl. The molecule has 15 heavy (non-hydrogen) atoms. The van der Waals surface area contributed by atoms with E-state index < -0.39 is 17.8 Å². The highest BCUT2D eigenvalue weighted by Gasteiger charge is 2.28. The van der Waals surface area contributed by atoms with E-state index in [-0.39, 0.29) is 18.4 Å². The average Bonchev–Trinajstić information content (AvgIpc) is 2.32. The Bertz CT molecular complexity index is 218. The highest BCUT2D eigenvalue weighted by molar-refractivity contribution is 5.85. The maximum Gasteiger partial charge on any atom is 0.408 e. The Kier molecular flexibility index (Phi) is 5.34. The van der Waals surface area contributed by atoms with Gasteiger partial charge in [-0.15, -0.1) is 12.4 Å². The van der Waals surface area contributed by atoms with E-state index in [4.69, 9.17) is 4.74 Å². The summed E-state index contributed by atoms with van der Waals surface area (Å²) >= 11 is 0. The molecule has 0 saturated carbocycles. The molecule has 1 fully saturated rings. The van der Waals surface area contributed by atoms with Crippen LogP contribution in [0.1, 0.15) is 20.8 Å². The van der Waals surface area contributed by atoms with Crippen molar-refractivity contribution in [3.63, 3.8) is 0 Å². The molecule has 1 saturated heterocycles. The Labute approximate surface area is 96.0 Å². The number of alkyl carbamates (subject to hydrolysis) is 1. The topological polar surface area (TPSA) is 70.6 Å². The summed E-state index contributed by atoms with van der Waals surface area (Å²) in [6.07, 6.45) is -1.01. The molecule has 1 rings (SSSR count). The lowest BCUT2D eigenvalue weighted by atomic mass is 10.2. The van der Waals surface area contributed by atoms with Crippen molar-refractivity contribution in [3.05, 3.63) is 0 Å². The number of rotatable bonds is 1. The van der Waals surface area contributed by atoms with Crippen LogP contribution >= 0.6 is 12.4 Å². The molecule has 90 valence electrons. The van der Waals surface area contributed by atoms with E-state index in [0.29, 0.717) is 13.1 Å². The van der Waals surface area contributed by atoms with E-state index in [2.05, 4.69) is 10.6 Å². The van der Waals surface area contributed by atoms with Gasteiger partial charge in [-0.3, -0.25) is 0 Å². The Hall–Kier alpha value is -0.520. The maximum absolute atomic E-state index is 11.3. The molecular formula is C9H19ClN2O3. The third-order valence-corrected chi connectivity index (χ3v) is 1.88. The van der Waals surface area contributed by atoms with Gasteiger partial charge in [-0.1, -0.05) is 0 Å². The number of amides is 1. The van der Waals surface area contributed by atoms with E-state index in [0.717, 1.165) is 0 Å². The fourth-order valence-electron chi connectivity index (χ4n) is 1.27. The van der Waals surface area contributed by atoms with E-state index in [1.807, 2.05) is 0 Å². The Morgan fingerprint density at radius 1 is 1.47 bits per heavy atom. The van der Waals surface area contributed by atoms with E-state index in [9.17, 15) is 9.90 Å². The minimum Gasteiger partial charge on any atom is -0.444 e. The van der Waals surface area contributed by atoms with Crippen LogP contribution in [0.5, 0.6) is 0 Å². The summed E-state index contributed by atoms with van der Waals surface area (Å²) < 4.78 is 5.06. The third kappa shape index (κ3) is 5.20. The largest absolute Gasteiger partial charge is 0.444 e. The van der Waals surface area contributed by atoms with E-state index >= 15 is 0 Å². The number of halogens is 1. The van der Waals surface area contributed by atoms with Crippen molar-refractivity contribution < 1.29 is 14.6 Å². The quantitative estimate of drug-likeness (QED) is 0.613. The summed E-state index contributed by atoms with van der Waals surface area (Å²) in [7, 11) is 0. The van der Waals surface area contributed by atoms with Crippen LogP contribution in [0.15, 0.2) is 0 Å². The number of carbonyl (C=O) groups excluding carboxylic acids is 1.